The minimum absolute atomic E-state index is 0.0163. The van der Waals surface area contributed by atoms with Gasteiger partial charge in [-0.2, -0.15) is 5.10 Å². The maximum atomic E-state index is 12.0. The van der Waals surface area contributed by atoms with E-state index in [1.807, 2.05) is 43.6 Å². The molecule has 2 amide bonds. The summed E-state index contributed by atoms with van der Waals surface area (Å²) in [6.45, 7) is 0.433. The van der Waals surface area contributed by atoms with Crippen molar-refractivity contribution in [3.05, 3.63) is 53.9 Å². The Balaban J connectivity index is 1.89. The van der Waals surface area contributed by atoms with Crippen molar-refractivity contribution < 1.29 is 9.90 Å². The van der Waals surface area contributed by atoms with E-state index in [0.29, 0.717) is 13.0 Å². The first kappa shape index (κ1) is 15.1. The van der Waals surface area contributed by atoms with Crippen LogP contribution in [0.3, 0.4) is 0 Å². The third kappa shape index (κ3) is 4.61. The molecule has 1 atom stereocenters. The van der Waals surface area contributed by atoms with Crippen molar-refractivity contribution in [1.82, 2.24) is 20.4 Å². The molecule has 112 valence electrons. The summed E-state index contributed by atoms with van der Waals surface area (Å²) in [5, 5.41) is 18.8. The number of nitrogens with zero attached hydrogens (tertiary/aromatic N) is 2. The van der Waals surface area contributed by atoms with E-state index in [1.165, 1.54) is 0 Å². The lowest BCUT2D eigenvalue weighted by molar-refractivity contribution is 0.229. The fourth-order valence-electron chi connectivity index (χ4n) is 2.09. The first-order chi connectivity index (χ1) is 10.2. The maximum absolute atomic E-state index is 12.0. The lowest BCUT2D eigenvalue weighted by Crippen LogP contribution is -2.37. The van der Waals surface area contributed by atoms with Gasteiger partial charge in [0.25, 0.3) is 0 Å². The summed E-state index contributed by atoms with van der Waals surface area (Å²) in [6.07, 6.45) is 4.04. The molecule has 0 bridgehead atoms. The van der Waals surface area contributed by atoms with E-state index in [9.17, 15) is 4.79 Å². The molecule has 1 heterocycles. The van der Waals surface area contributed by atoms with Crippen LogP contribution in [0.1, 0.15) is 23.6 Å². The second-order valence-corrected chi connectivity index (χ2v) is 4.82. The Bertz CT molecular complexity index is 568. The Kier molecular flexibility index (Phi) is 5.34. The molecule has 3 N–H and O–H groups in total. The fourth-order valence-corrected chi connectivity index (χ4v) is 2.09. The number of nitrogens with one attached hydrogen (secondary N) is 2. The number of rotatable bonds is 6. The molecule has 0 saturated heterocycles. The summed E-state index contributed by atoms with van der Waals surface area (Å²) in [6, 6.07) is 9.14. The Hall–Kier alpha value is -2.34. The molecule has 0 unspecified atom stereocenters. The van der Waals surface area contributed by atoms with Gasteiger partial charge in [0.1, 0.15) is 0 Å². The maximum Gasteiger partial charge on any atom is 0.315 e. The lowest BCUT2D eigenvalue weighted by atomic mass is 10.0. The average Bonchev–Trinajstić information content (AvgIpc) is 2.91. The van der Waals surface area contributed by atoms with Crippen molar-refractivity contribution in [2.24, 2.45) is 7.05 Å². The molecule has 0 radical (unpaired) electrons. The molecule has 0 aliphatic heterocycles. The van der Waals surface area contributed by atoms with Crippen LogP contribution in [0.5, 0.6) is 0 Å². The monoisotopic (exact) mass is 288 g/mol. The van der Waals surface area contributed by atoms with Crippen LogP contribution in [0.2, 0.25) is 0 Å². The zero-order valence-electron chi connectivity index (χ0n) is 12.0. The van der Waals surface area contributed by atoms with E-state index in [1.54, 1.807) is 10.9 Å². The number of urea groups is 1. The predicted octanol–water partition coefficient (Wildman–Crippen LogP) is 1.34. The number of aryl methyl sites for hydroxylation is 1. The highest BCUT2D eigenvalue weighted by atomic mass is 16.3. The van der Waals surface area contributed by atoms with Crippen LogP contribution < -0.4 is 10.6 Å². The van der Waals surface area contributed by atoms with Gasteiger partial charge in [-0.25, -0.2) is 4.79 Å². The zero-order chi connectivity index (χ0) is 15.1. The molecule has 2 rings (SSSR count). The summed E-state index contributed by atoms with van der Waals surface area (Å²) in [5.74, 6) is 0. The normalized spacial score (nSPS) is 11.9. The van der Waals surface area contributed by atoms with Gasteiger partial charge in [-0.15, -0.1) is 0 Å². The molecule has 0 aliphatic rings. The van der Waals surface area contributed by atoms with Crippen molar-refractivity contribution in [3.63, 3.8) is 0 Å². The highest BCUT2D eigenvalue weighted by Crippen LogP contribution is 2.15. The van der Waals surface area contributed by atoms with Crippen LogP contribution in [-0.4, -0.2) is 27.5 Å². The number of benzene rings is 1. The predicted molar refractivity (Wildman–Crippen MR) is 79.5 cm³/mol. The molecule has 0 fully saturated rings. The van der Waals surface area contributed by atoms with Crippen molar-refractivity contribution in [1.29, 1.82) is 0 Å². The van der Waals surface area contributed by atoms with E-state index in [0.717, 1.165) is 11.1 Å². The van der Waals surface area contributed by atoms with Crippen LogP contribution in [0, 0.1) is 0 Å². The summed E-state index contributed by atoms with van der Waals surface area (Å²) < 4.78 is 1.69. The number of aliphatic hydroxyl groups excluding tert-OH is 1. The van der Waals surface area contributed by atoms with Gasteiger partial charge in [0.15, 0.2) is 0 Å². The summed E-state index contributed by atoms with van der Waals surface area (Å²) in [7, 11) is 1.83. The summed E-state index contributed by atoms with van der Waals surface area (Å²) in [5.41, 5.74) is 1.91. The smallest absolute Gasteiger partial charge is 0.315 e. The number of aliphatic hydroxyl groups is 1. The SMILES string of the molecule is Cn1cc(CNC(=O)N[C@H](CCO)c2ccccc2)cn1. The highest BCUT2D eigenvalue weighted by molar-refractivity contribution is 5.74. The second-order valence-electron chi connectivity index (χ2n) is 4.82. The van der Waals surface area contributed by atoms with Crippen LogP contribution >= 0.6 is 0 Å². The molecule has 1 aromatic carbocycles. The van der Waals surface area contributed by atoms with Gasteiger partial charge in [0.2, 0.25) is 0 Å². The molecule has 0 aliphatic carbocycles. The minimum Gasteiger partial charge on any atom is -0.396 e. The van der Waals surface area contributed by atoms with Crippen molar-refractivity contribution in [3.8, 4) is 0 Å². The molecular weight excluding hydrogens is 268 g/mol. The average molecular weight is 288 g/mol. The third-order valence-electron chi connectivity index (χ3n) is 3.14. The van der Waals surface area contributed by atoms with Crippen molar-refractivity contribution in [2.75, 3.05) is 6.61 Å². The van der Waals surface area contributed by atoms with Crippen LogP contribution in [-0.2, 0) is 13.6 Å². The van der Waals surface area contributed by atoms with E-state index in [2.05, 4.69) is 15.7 Å². The molecule has 6 heteroatoms. The Labute approximate surface area is 123 Å². The van der Waals surface area contributed by atoms with Gasteiger partial charge in [0.05, 0.1) is 12.2 Å². The number of carbonyl (C=O) groups excluding carboxylic acids is 1. The number of hydrogen-bond acceptors (Lipinski definition) is 3. The van der Waals surface area contributed by atoms with Gasteiger partial charge in [0, 0.05) is 32.0 Å². The molecular formula is C15H20N4O2. The van der Waals surface area contributed by atoms with Crippen LogP contribution in [0.25, 0.3) is 0 Å². The third-order valence-corrected chi connectivity index (χ3v) is 3.14. The first-order valence-electron chi connectivity index (χ1n) is 6.86. The van der Waals surface area contributed by atoms with Crippen LogP contribution in [0.15, 0.2) is 42.7 Å². The second kappa shape index (κ2) is 7.44. The quantitative estimate of drug-likeness (QED) is 0.750. The van der Waals surface area contributed by atoms with Crippen molar-refractivity contribution >= 4 is 6.03 Å². The van der Waals surface area contributed by atoms with E-state index < -0.39 is 0 Å². The Morgan fingerprint density at radius 3 is 2.76 bits per heavy atom. The Morgan fingerprint density at radius 2 is 2.14 bits per heavy atom. The van der Waals surface area contributed by atoms with E-state index in [-0.39, 0.29) is 18.7 Å². The number of hydrogen-bond donors (Lipinski definition) is 3. The molecule has 0 saturated carbocycles. The van der Waals surface area contributed by atoms with Gasteiger partial charge in [-0.05, 0) is 12.0 Å². The highest BCUT2D eigenvalue weighted by Gasteiger charge is 2.13. The van der Waals surface area contributed by atoms with Gasteiger partial charge < -0.3 is 15.7 Å². The van der Waals surface area contributed by atoms with E-state index >= 15 is 0 Å². The largest absolute Gasteiger partial charge is 0.396 e. The lowest BCUT2D eigenvalue weighted by Gasteiger charge is -2.18. The standard InChI is InChI=1S/C15H20N4O2/c1-19-11-12(10-17-19)9-16-15(21)18-14(7-8-20)13-5-3-2-4-6-13/h2-6,10-11,14,20H,7-9H2,1H3,(H2,16,18,21)/t14-/m1/s1. The van der Waals surface area contributed by atoms with E-state index in [4.69, 9.17) is 5.11 Å². The van der Waals surface area contributed by atoms with Gasteiger partial charge in [-0.1, -0.05) is 30.3 Å². The topological polar surface area (TPSA) is 79.2 Å². The molecule has 0 spiro atoms. The molecule has 21 heavy (non-hydrogen) atoms. The molecule has 2 aromatic rings. The summed E-state index contributed by atoms with van der Waals surface area (Å²) in [4.78, 5) is 12.0. The number of amides is 2. The molecule has 6 nitrogen and oxygen atoms in total. The summed E-state index contributed by atoms with van der Waals surface area (Å²) >= 11 is 0. The number of aromatic nitrogens is 2. The Morgan fingerprint density at radius 1 is 1.38 bits per heavy atom. The van der Waals surface area contributed by atoms with Crippen LogP contribution in [0.4, 0.5) is 4.79 Å². The fraction of sp³-hybridized carbons (Fsp3) is 0.333. The molecule has 1 aromatic heterocycles. The van der Waals surface area contributed by atoms with Crippen molar-refractivity contribution in [2.45, 2.75) is 19.0 Å². The zero-order valence-corrected chi connectivity index (χ0v) is 12.0. The van der Waals surface area contributed by atoms with Gasteiger partial charge in [-0.3, -0.25) is 4.68 Å². The minimum atomic E-state index is -0.263. The van der Waals surface area contributed by atoms with Gasteiger partial charge >= 0.3 is 6.03 Å². The number of carbonyl (C=O) groups is 1. The first-order valence-corrected chi connectivity index (χ1v) is 6.86.